The van der Waals surface area contributed by atoms with E-state index in [1.807, 2.05) is 12.1 Å². The Labute approximate surface area is 118 Å². The first-order valence-corrected chi connectivity index (χ1v) is 7.01. The summed E-state index contributed by atoms with van der Waals surface area (Å²) in [6, 6.07) is 6.35. The molecule has 2 heterocycles. The first kappa shape index (κ1) is 13.4. The lowest BCUT2D eigenvalue weighted by atomic mass is 10.0. The molecule has 2 unspecified atom stereocenters. The lowest BCUT2D eigenvalue weighted by molar-refractivity contribution is 0.190. The first-order valence-electron chi connectivity index (χ1n) is 7.01. The van der Waals surface area contributed by atoms with Gasteiger partial charge in [-0.3, -0.25) is 0 Å². The van der Waals surface area contributed by atoms with Crippen LogP contribution < -0.4 is 10.5 Å². The Hall–Kier alpha value is -1.59. The first-order chi connectivity index (χ1) is 9.61. The van der Waals surface area contributed by atoms with Gasteiger partial charge in [-0.15, -0.1) is 0 Å². The van der Waals surface area contributed by atoms with Crippen LogP contribution in [0, 0.1) is 0 Å². The predicted octanol–water partition coefficient (Wildman–Crippen LogP) is 2.07. The van der Waals surface area contributed by atoms with Crippen molar-refractivity contribution >= 4 is 11.0 Å². The lowest BCUT2D eigenvalue weighted by Crippen LogP contribution is -2.29. The van der Waals surface area contributed by atoms with E-state index in [2.05, 4.69) is 24.5 Å². The van der Waals surface area contributed by atoms with Gasteiger partial charge in [0.2, 0.25) is 0 Å². The Kier molecular flexibility index (Phi) is 3.40. The number of ether oxygens (including phenoxy) is 2. The molecule has 1 fully saturated rings. The Morgan fingerprint density at radius 1 is 1.40 bits per heavy atom. The summed E-state index contributed by atoms with van der Waals surface area (Å²) < 4.78 is 13.0. The zero-order chi connectivity index (χ0) is 14.3. The fourth-order valence-electron chi connectivity index (χ4n) is 2.87. The molecule has 3 rings (SSSR count). The second-order valence-electron chi connectivity index (χ2n) is 5.60. The Morgan fingerprint density at radius 2 is 2.20 bits per heavy atom. The number of benzene rings is 1. The summed E-state index contributed by atoms with van der Waals surface area (Å²) in [7, 11) is 1.67. The topological polar surface area (TPSA) is 62.3 Å². The molecule has 0 radical (unpaired) electrons. The normalized spacial score (nSPS) is 22.9. The summed E-state index contributed by atoms with van der Waals surface area (Å²) in [5, 5.41) is 0. The van der Waals surface area contributed by atoms with E-state index in [1.54, 1.807) is 7.11 Å². The molecule has 0 amide bonds. The van der Waals surface area contributed by atoms with Crippen molar-refractivity contribution in [1.29, 1.82) is 0 Å². The molecule has 0 bridgehead atoms. The minimum absolute atomic E-state index is 0.0196. The van der Waals surface area contributed by atoms with Crippen LogP contribution in [0.25, 0.3) is 11.0 Å². The summed E-state index contributed by atoms with van der Waals surface area (Å²) in [4.78, 5) is 4.80. The van der Waals surface area contributed by atoms with Crippen molar-refractivity contribution < 1.29 is 9.47 Å². The Morgan fingerprint density at radius 3 is 2.80 bits per heavy atom. The van der Waals surface area contributed by atoms with Gasteiger partial charge in [-0.25, -0.2) is 4.98 Å². The van der Waals surface area contributed by atoms with E-state index in [4.69, 9.17) is 20.2 Å². The third-order valence-corrected chi connectivity index (χ3v) is 3.90. The van der Waals surface area contributed by atoms with E-state index < -0.39 is 0 Å². The second kappa shape index (κ2) is 5.07. The van der Waals surface area contributed by atoms with Crippen LogP contribution in [0.5, 0.6) is 5.75 Å². The van der Waals surface area contributed by atoms with Gasteiger partial charge in [0.15, 0.2) is 0 Å². The number of nitrogens with two attached hydrogens (primary N) is 1. The average molecular weight is 275 g/mol. The maximum atomic E-state index is 6.15. The van der Waals surface area contributed by atoms with Gasteiger partial charge in [-0.05, 0) is 26.0 Å². The van der Waals surface area contributed by atoms with E-state index in [9.17, 15) is 0 Å². The van der Waals surface area contributed by atoms with Gasteiger partial charge in [0.05, 0.1) is 37.3 Å². The van der Waals surface area contributed by atoms with E-state index in [-0.39, 0.29) is 12.0 Å². The Bertz CT molecular complexity index is 621. The standard InChI is InChI=1S/C15H21N3O2/c1-9(2)18-14-5-4-10(19-3)6-13(14)17-15(18)11-7-20-8-12(11)16/h4-6,9,11-12H,7-8,16H2,1-3H3. The molecule has 1 aromatic heterocycles. The van der Waals surface area contributed by atoms with Crippen LogP contribution in [0.2, 0.25) is 0 Å². The van der Waals surface area contributed by atoms with Gasteiger partial charge in [0, 0.05) is 18.2 Å². The smallest absolute Gasteiger partial charge is 0.121 e. The van der Waals surface area contributed by atoms with Crippen LogP contribution in [-0.2, 0) is 4.74 Å². The van der Waals surface area contributed by atoms with Crippen molar-refractivity contribution in [1.82, 2.24) is 9.55 Å². The minimum Gasteiger partial charge on any atom is -0.497 e. The van der Waals surface area contributed by atoms with Gasteiger partial charge in [0.25, 0.3) is 0 Å². The van der Waals surface area contributed by atoms with Crippen LogP contribution >= 0.6 is 0 Å². The molecular formula is C15H21N3O2. The third-order valence-electron chi connectivity index (χ3n) is 3.90. The second-order valence-corrected chi connectivity index (χ2v) is 5.60. The third kappa shape index (κ3) is 2.07. The molecule has 20 heavy (non-hydrogen) atoms. The van der Waals surface area contributed by atoms with Crippen LogP contribution in [-0.4, -0.2) is 35.9 Å². The van der Waals surface area contributed by atoms with Crippen molar-refractivity contribution in [3.63, 3.8) is 0 Å². The van der Waals surface area contributed by atoms with Crippen molar-refractivity contribution in [2.75, 3.05) is 20.3 Å². The van der Waals surface area contributed by atoms with E-state index in [0.717, 1.165) is 22.6 Å². The highest BCUT2D eigenvalue weighted by Crippen LogP contribution is 2.31. The molecule has 108 valence electrons. The molecule has 0 spiro atoms. The molecule has 1 saturated heterocycles. The summed E-state index contributed by atoms with van der Waals surface area (Å²) in [5.41, 5.74) is 8.23. The number of nitrogens with zero attached hydrogens (tertiary/aromatic N) is 2. The van der Waals surface area contributed by atoms with Crippen LogP contribution in [0.3, 0.4) is 0 Å². The monoisotopic (exact) mass is 275 g/mol. The summed E-state index contributed by atoms with van der Waals surface area (Å²) in [5.74, 6) is 2.01. The zero-order valence-corrected chi connectivity index (χ0v) is 12.2. The fourth-order valence-corrected chi connectivity index (χ4v) is 2.87. The number of methoxy groups -OCH3 is 1. The van der Waals surface area contributed by atoms with Crippen molar-refractivity contribution in [3.8, 4) is 5.75 Å². The molecule has 1 aliphatic rings. The molecule has 0 aliphatic carbocycles. The minimum atomic E-state index is 0.0196. The number of hydrogen-bond acceptors (Lipinski definition) is 4. The Balaban J connectivity index is 2.17. The number of imidazole rings is 1. The fraction of sp³-hybridized carbons (Fsp3) is 0.533. The molecule has 0 saturated carbocycles. The molecule has 1 aliphatic heterocycles. The summed E-state index contributed by atoms with van der Waals surface area (Å²) in [6.45, 7) is 5.58. The number of rotatable bonds is 3. The molecule has 2 aromatic rings. The van der Waals surface area contributed by atoms with Crippen molar-refractivity contribution in [2.24, 2.45) is 5.73 Å². The SMILES string of the molecule is COc1ccc2c(c1)nc(C1COCC1N)n2C(C)C. The summed E-state index contributed by atoms with van der Waals surface area (Å²) in [6.07, 6.45) is 0. The molecular weight excluding hydrogens is 254 g/mol. The van der Waals surface area contributed by atoms with Crippen molar-refractivity contribution in [3.05, 3.63) is 24.0 Å². The number of hydrogen-bond donors (Lipinski definition) is 1. The highest BCUT2D eigenvalue weighted by atomic mass is 16.5. The average Bonchev–Trinajstić information content (AvgIpc) is 3.00. The highest BCUT2D eigenvalue weighted by molar-refractivity contribution is 5.78. The molecule has 2 atom stereocenters. The maximum Gasteiger partial charge on any atom is 0.121 e. The number of fused-ring (bicyclic) bond motifs is 1. The lowest BCUT2D eigenvalue weighted by Gasteiger charge is -2.18. The van der Waals surface area contributed by atoms with Crippen molar-refractivity contribution in [2.45, 2.75) is 31.8 Å². The number of aromatic nitrogens is 2. The van der Waals surface area contributed by atoms with E-state index >= 15 is 0 Å². The highest BCUT2D eigenvalue weighted by Gasteiger charge is 2.31. The predicted molar refractivity (Wildman–Crippen MR) is 78.2 cm³/mol. The van der Waals surface area contributed by atoms with E-state index in [1.165, 1.54) is 0 Å². The van der Waals surface area contributed by atoms with Crippen LogP contribution in [0.1, 0.15) is 31.6 Å². The molecule has 2 N–H and O–H groups in total. The van der Waals surface area contributed by atoms with Gasteiger partial charge in [-0.2, -0.15) is 0 Å². The van der Waals surface area contributed by atoms with Gasteiger partial charge in [-0.1, -0.05) is 0 Å². The molecule has 5 nitrogen and oxygen atoms in total. The largest absolute Gasteiger partial charge is 0.497 e. The van der Waals surface area contributed by atoms with Crippen LogP contribution in [0.4, 0.5) is 0 Å². The van der Waals surface area contributed by atoms with Gasteiger partial charge in [0.1, 0.15) is 11.6 Å². The van der Waals surface area contributed by atoms with Gasteiger partial charge < -0.3 is 19.8 Å². The molecule has 5 heteroatoms. The van der Waals surface area contributed by atoms with E-state index in [0.29, 0.717) is 19.3 Å². The quantitative estimate of drug-likeness (QED) is 0.931. The zero-order valence-electron chi connectivity index (χ0n) is 12.2. The van der Waals surface area contributed by atoms with Gasteiger partial charge >= 0.3 is 0 Å². The van der Waals surface area contributed by atoms with Crippen LogP contribution in [0.15, 0.2) is 18.2 Å². The molecule has 1 aromatic carbocycles. The summed E-state index contributed by atoms with van der Waals surface area (Å²) >= 11 is 0. The maximum absolute atomic E-state index is 6.15.